The van der Waals surface area contributed by atoms with Gasteiger partial charge in [0, 0.05) is 12.0 Å². The van der Waals surface area contributed by atoms with Crippen LogP contribution in [0.5, 0.6) is 5.75 Å². The van der Waals surface area contributed by atoms with Gasteiger partial charge in [-0.15, -0.1) is 0 Å². The Morgan fingerprint density at radius 3 is 2.60 bits per heavy atom. The number of hydrogen-bond acceptors (Lipinski definition) is 2. The SMILES string of the molecule is COc1c(C)ccc(C2(CN)CC2)c1Cl. The predicted octanol–water partition coefficient (Wildman–Crippen LogP) is 2.65. The van der Waals surface area contributed by atoms with Gasteiger partial charge in [-0.1, -0.05) is 23.7 Å². The Hall–Kier alpha value is -0.730. The molecule has 2 rings (SSSR count). The van der Waals surface area contributed by atoms with Gasteiger partial charge in [0.1, 0.15) is 5.75 Å². The van der Waals surface area contributed by atoms with Gasteiger partial charge in [0.25, 0.3) is 0 Å². The normalized spacial score (nSPS) is 17.6. The van der Waals surface area contributed by atoms with Gasteiger partial charge in [-0.05, 0) is 30.9 Å². The maximum atomic E-state index is 6.34. The highest BCUT2D eigenvalue weighted by Gasteiger charge is 2.44. The molecule has 0 unspecified atom stereocenters. The fourth-order valence-electron chi connectivity index (χ4n) is 2.05. The highest BCUT2D eigenvalue weighted by Crippen LogP contribution is 2.51. The van der Waals surface area contributed by atoms with Crippen LogP contribution in [0.25, 0.3) is 0 Å². The second-order valence-electron chi connectivity index (χ2n) is 4.26. The molecule has 0 aromatic heterocycles. The zero-order valence-corrected chi connectivity index (χ0v) is 9.90. The van der Waals surface area contributed by atoms with Crippen LogP contribution in [0, 0.1) is 6.92 Å². The summed E-state index contributed by atoms with van der Waals surface area (Å²) in [6.07, 6.45) is 2.27. The Morgan fingerprint density at radius 2 is 2.13 bits per heavy atom. The number of hydrogen-bond donors (Lipinski definition) is 1. The molecule has 1 aromatic carbocycles. The first-order valence-corrected chi connectivity index (χ1v) is 5.56. The molecule has 0 saturated heterocycles. The van der Waals surface area contributed by atoms with E-state index in [0.29, 0.717) is 6.54 Å². The van der Waals surface area contributed by atoms with Gasteiger partial charge >= 0.3 is 0 Å². The van der Waals surface area contributed by atoms with Crippen molar-refractivity contribution in [3.05, 3.63) is 28.3 Å². The van der Waals surface area contributed by atoms with E-state index in [-0.39, 0.29) is 5.41 Å². The number of methoxy groups -OCH3 is 1. The van der Waals surface area contributed by atoms with E-state index in [1.807, 2.05) is 6.92 Å². The van der Waals surface area contributed by atoms with Crippen LogP contribution in [0.3, 0.4) is 0 Å². The minimum atomic E-state index is 0.123. The molecule has 0 aliphatic heterocycles. The Kier molecular flexibility index (Phi) is 2.65. The summed E-state index contributed by atoms with van der Waals surface area (Å²) in [5.74, 6) is 0.786. The lowest BCUT2D eigenvalue weighted by atomic mass is 9.94. The minimum absolute atomic E-state index is 0.123. The first kappa shape index (κ1) is 10.8. The molecule has 2 N–H and O–H groups in total. The highest BCUT2D eigenvalue weighted by molar-refractivity contribution is 6.33. The molecule has 0 atom stereocenters. The molecule has 0 spiro atoms. The van der Waals surface area contributed by atoms with Crippen molar-refractivity contribution in [1.29, 1.82) is 0 Å². The number of aryl methyl sites for hydroxylation is 1. The van der Waals surface area contributed by atoms with Gasteiger partial charge in [0.2, 0.25) is 0 Å². The van der Waals surface area contributed by atoms with Crippen LogP contribution in [0.15, 0.2) is 12.1 Å². The van der Waals surface area contributed by atoms with Gasteiger partial charge in [0.15, 0.2) is 0 Å². The van der Waals surface area contributed by atoms with Crippen molar-refractivity contribution in [1.82, 2.24) is 0 Å². The van der Waals surface area contributed by atoms with Gasteiger partial charge in [-0.2, -0.15) is 0 Å². The molecule has 82 valence electrons. The monoisotopic (exact) mass is 225 g/mol. The first-order valence-electron chi connectivity index (χ1n) is 5.18. The molecular formula is C12H16ClNO. The lowest BCUT2D eigenvalue weighted by Gasteiger charge is -2.18. The lowest BCUT2D eigenvalue weighted by Crippen LogP contribution is -2.20. The summed E-state index contributed by atoms with van der Waals surface area (Å²) in [5, 5.41) is 0.737. The zero-order valence-electron chi connectivity index (χ0n) is 9.14. The van der Waals surface area contributed by atoms with E-state index >= 15 is 0 Å². The van der Waals surface area contributed by atoms with Gasteiger partial charge in [0.05, 0.1) is 12.1 Å². The average molecular weight is 226 g/mol. The summed E-state index contributed by atoms with van der Waals surface area (Å²) >= 11 is 6.34. The Morgan fingerprint density at radius 1 is 1.47 bits per heavy atom. The number of rotatable bonds is 3. The Balaban J connectivity index is 2.50. The molecular weight excluding hydrogens is 210 g/mol. The van der Waals surface area contributed by atoms with E-state index < -0.39 is 0 Å². The quantitative estimate of drug-likeness (QED) is 0.859. The van der Waals surface area contributed by atoms with Gasteiger partial charge in [-0.25, -0.2) is 0 Å². The van der Waals surface area contributed by atoms with E-state index in [1.54, 1.807) is 7.11 Å². The molecule has 1 aliphatic rings. The van der Waals surface area contributed by atoms with E-state index in [0.717, 1.165) is 34.7 Å². The van der Waals surface area contributed by atoms with Gasteiger partial charge < -0.3 is 10.5 Å². The standard InChI is InChI=1S/C12H16ClNO/c1-8-3-4-9(10(13)11(8)15-2)12(7-14)5-6-12/h3-4H,5-7,14H2,1-2H3. The van der Waals surface area contributed by atoms with Crippen molar-refractivity contribution in [2.45, 2.75) is 25.2 Å². The second-order valence-corrected chi connectivity index (χ2v) is 4.64. The van der Waals surface area contributed by atoms with E-state index in [9.17, 15) is 0 Å². The van der Waals surface area contributed by atoms with E-state index in [1.165, 1.54) is 0 Å². The molecule has 2 nitrogen and oxygen atoms in total. The van der Waals surface area contributed by atoms with Crippen LogP contribution >= 0.6 is 11.6 Å². The molecule has 0 amide bonds. The third-order valence-corrected chi connectivity index (χ3v) is 3.69. The summed E-state index contributed by atoms with van der Waals surface area (Å²) in [4.78, 5) is 0. The number of ether oxygens (including phenoxy) is 1. The smallest absolute Gasteiger partial charge is 0.140 e. The number of halogens is 1. The molecule has 1 saturated carbocycles. The van der Waals surface area contributed by atoms with Crippen LogP contribution in [-0.4, -0.2) is 13.7 Å². The van der Waals surface area contributed by atoms with Crippen molar-refractivity contribution in [2.24, 2.45) is 5.73 Å². The Bertz CT molecular complexity index is 385. The third kappa shape index (κ3) is 1.62. The summed E-state index contributed by atoms with van der Waals surface area (Å²) in [6.45, 7) is 2.66. The van der Waals surface area contributed by atoms with E-state index in [4.69, 9.17) is 22.1 Å². The largest absolute Gasteiger partial charge is 0.495 e. The third-order valence-electron chi connectivity index (χ3n) is 3.31. The first-order chi connectivity index (χ1) is 7.14. The summed E-state index contributed by atoms with van der Waals surface area (Å²) in [7, 11) is 1.65. The van der Waals surface area contributed by atoms with E-state index in [2.05, 4.69) is 12.1 Å². The highest BCUT2D eigenvalue weighted by atomic mass is 35.5. The summed E-state index contributed by atoms with van der Waals surface area (Å²) in [5.41, 5.74) is 8.14. The van der Waals surface area contributed by atoms with Crippen molar-refractivity contribution >= 4 is 11.6 Å². The molecule has 0 heterocycles. The molecule has 1 aliphatic carbocycles. The maximum Gasteiger partial charge on any atom is 0.140 e. The minimum Gasteiger partial charge on any atom is -0.495 e. The van der Waals surface area contributed by atoms with Crippen LogP contribution in [-0.2, 0) is 5.41 Å². The van der Waals surface area contributed by atoms with Crippen LogP contribution in [0.1, 0.15) is 24.0 Å². The average Bonchev–Trinajstić information content (AvgIpc) is 2.99. The maximum absolute atomic E-state index is 6.34. The topological polar surface area (TPSA) is 35.2 Å². The van der Waals surface area contributed by atoms with Crippen LogP contribution in [0.4, 0.5) is 0 Å². The molecule has 0 radical (unpaired) electrons. The lowest BCUT2D eigenvalue weighted by molar-refractivity contribution is 0.410. The fourth-order valence-corrected chi connectivity index (χ4v) is 2.54. The molecule has 1 aromatic rings. The van der Waals surface area contributed by atoms with Crippen LogP contribution in [0.2, 0.25) is 5.02 Å². The molecule has 0 bridgehead atoms. The molecule has 1 fully saturated rings. The summed E-state index contributed by atoms with van der Waals surface area (Å²) < 4.78 is 5.31. The van der Waals surface area contributed by atoms with Crippen molar-refractivity contribution in [2.75, 3.05) is 13.7 Å². The van der Waals surface area contributed by atoms with Crippen molar-refractivity contribution < 1.29 is 4.74 Å². The number of nitrogens with two attached hydrogens (primary N) is 1. The molecule has 15 heavy (non-hydrogen) atoms. The van der Waals surface area contributed by atoms with Crippen molar-refractivity contribution in [3.63, 3.8) is 0 Å². The summed E-state index contributed by atoms with van der Waals surface area (Å²) in [6, 6.07) is 4.13. The number of benzene rings is 1. The fraction of sp³-hybridized carbons (Fsp3) is 0.500. The Labute approximate surface area is 95.4 Å². The molecule has 3 heteroatoms. The van der Waals surface area contributed by atoms with Crippen LogP contribution < -0.4 is 10.5 Å². The van der Waals surface area contributed by atoms with Gasteiger partial charge in [-0.3, -0.25) is 0 Å². The van der Waals surface area contributed by atoms with Crippen molar-refractivity contribution in [3.8, 4) is 5.75 Å². The second kappa shape index (κ2) is 3.69. The predicted molar refractivity (Wildman–Crippen MR) is 62.7 cm³/mol. The zero-order chi connectivity index (χ0) is 11.1.